The molecule has 0 aliphatic heterocycles. The maximum atomic E-state index is 11.7. The fraction of sp³-hybridized carbons (Fsp3) is 0.417. The van der Waals surface area contributed by atoms with Crippen LogP contribution in [0, 0.1) is 5.41 Å². The van der Waals surface area contributed by atoms with Crippen molar-refractivity contribution in [2.24, 2.45) is 5.41 Å². The average Bonchev–Trinajstić information content (AvgIpc) is 2.08. The van der Waals surface area contributed by atoms with Crippen LogP contribution >= 0.6 is 15.9 Å². The molecule has 1 amide bonds. The number of hydrogen-bond acceptors (Lipinski definition) is 2. The third-order valence-corrected chi connectivity index (χ3v) is 2.65. The van der Waals surface area contributed by atoms with Crippen LogP contribution in [0.25, 0.3) is 0 Å². The van der Waals surface area contributed by atoms with E-state index in [4.69, 9.17) is 5.73 Å². The van der Waals surface area contributed by atoms with E-state index in [9.17, 15) is 4.79 Å². The van der Waals surface area contributed by atoms with E-state index in [-0.39, 0.29) is 11.3 Å². The van der Waals surface area contributed by atoms with E-state index in [1.54, 1.807) is 12.1 Å². The van der Waals surface area contributed by atoms with Gasteiger partial charge in [-0.3, -0.25) is 4.79 Å². The lowest BCUT2D eigenvalue weighted by atomic mass is 9.92. The Morgan fingerprint density at radius 1 is 1.44 bits per heavy atom. The van der Waals surface area contributed by atoms with Crippen LogP contribution in [0.1, 0.15) is 27.2 Å². The van der Waals surface area contributed by atoms with Crippen LogP contribution in [-0.2, 0) is 4.79 Å². The molecule has 16 heavy (non-hydrogen) atoms. The Morgan fingerprint density at radius 3 is 2.62 bits per heavy atom. The summed E-state index contributed by atoms with van der Waals surface area (Å²) in [5.74, 6) is -0.00111. The summed E-state index contributed by atoms with van der Waals surface area (Å²) in [6.45, 7) is 6.09. The Bertz CT molecular complexity index is 396. The molecule has 0 aliphatic carbocycles. The normalized spacial score (nSPS) is 11.2. The summed E-state index contributed by atoms with van der Waals surface area (Å²) in [4.78, 5) is 11.7. The first-order valence-corrected chi connectivity index (χ1v) is 5.92. The Balaban J connectivity index is 2.73. The monoisotopic (exact) mass is 284 g/mol. The molecule has 1 aromatic carbocycles. The van der Waals surface area contributed by atoms with E-state index in [0.29, 0.717) is 17.8 Å². The highest BCUT2D eigenvalue weighted by molar-refractivity contribution is 9.10. The van der Waals surface area contributed by atoms with Gasteiger partial charge in [0.25, 0.3) is 0 Å². The zero-order valence-corrected chi connectivity index (χ0v) is 11.4. The molecule has 0 saturated carbocycles. The minimum atomic E-state index is -0.0170. The van der Waals surface area contributed by atoms with Crippen LogP contribution in [-0.4, -0.2) is 5.91 Å². The molecule has 3 nitrogen and oxygen atoms in total. The third kappa shape index (κ3) is 4.23. The molecule has 88 valence electrons. The van der Waals surface area contributed by atoms with Crippen LogP contribution in [0.5, 0.6) is 0 Å². The quantitative estimate of drug-likeness (QED) is 0.818. The first-order valence-electron chi connectivity index (χ1n) is 5.13. The molecule has 1 rings (SSSR count). The lowest BCUT2D eigenvalue weighted by Crippen LogP contribution is -2.19. The second kappa shape index (κ2) is 4.87. The van der Waals surface area contributed by atoms with Gasteiger partial charge in [-0.1, -0.05) is 20.8 Å². The molecule has 0 heterocycles. The van der Waals surface area contributed by atoms with Crippen LogP contribution < -0.4 is 11.1 Å². The van der Waals surface area contributed by atoms with Crippen molar-refractivity contribution in [3.63, 3.8) is 0 Å². The lowest BCUT2D eigenvalue weighted by molar-refractivity contribution is -0.117. The second-order valence-electron chi connectivity index (χ2n) is 5.02. The summed E-state index contributed by atoms with van der Waals surface area (Å²) in [7, 11) is 0. The van der Waals surface area contributed by atoms with Crippen molar-refractivity contribution < 1.29 is 4.79 Å². The number of carbonyl (C=O) groups is 1. The minimum absolute atomic E-state index is 0.00111. The summed E-state index contributed by atoms with van der Waals surface area (Å²) in [6.07, 6.45) is 0.480. The smallest absolute Gasteiger partial charge is 0.224 e. The van der Waals surface area contributed by atoms with Crippen molar-refractivity contribution >= 4 is 33.2 Å². The number of nitrogens with two attached hydrogens (primary N) is 1. The van der Waals surface area contributed by atoms with Crippen LogP contribution in [0.2, 0.25) is 0 Å². The molecule has 0 fully saturated rings. The Morgan fingerprint density at radius 2 is 2.06 bits per heavy atom. The molecule has 3 N–H and O–H groups in total. The number of nitrogens with one attached hydrogen (secondary N) is 1. The van der Waals surface area contributed by atoms with Crippen molar-refractivity contribution in [1.29, 1.82) is 0 Å². The summed E-state index contributed by atoms with van der Waals surface area (Å²) >= 11 is 3.37. The number of rotatable bonds is 2. The van der Waals surface area contributed by atoms with E-state index in [0.717, 1.165) is 4.47 Å². The van der Waals surface area contributed by atoms with Gasteiger partial charge in [-0.15, -0.1) is 0 Å². The van der Waals surface area contributed by atoms with Gasteiger partial charge < -0.3 is 11.1 Å². The molecule has 0 saturated heterocycles. The van der Waals surface area contributed by atoms with Gasteiger partial charge in [-0.25, -0.2) is 0 Å². The number of hydrogen-bond donors (Lipinski definition) is 2. The number of anilines is 2. The van der Waals surface area contributed by atoms with E-state index < -0.39 is 0 Å². The lowest BCUT2D eigenvalue weighted by Gasteiger charge is -2.17. The summed E-state index contributed by atoms with van der Waals surface area (Å²) in [5.41, 5.74) is 6.99. The average molecular weight is 285 g/mol. The highest BCUT2D eigenvalue weighted by Crippen LogP contribution is 2.26. The first kappa shape index (κ1) is 13.0. The molecular weight excluding hydrogens is 268 g/mol. The van der Waals surface area contributed by atoms with Crippen molar-refractivity contribution in [2.45, 2.75) is 27.2 Å². The van der Waals surface area contributed by atoms with Gasteiger partial charge >= 0.3 is 0 Å². The SMILES string of the molecule is CC(C)(C)CC(=O)Nc1cc(N)ccc1Br. The molecule has 0 spiro atoms. The van der Waals surface area contributed by atoms with Crippen molar-refractivity contribution in [3.05, 3.63) is 22.7 Å². The van der Waals surface area contributed by atoms with Gasteiger partial charge in [0.2, 0.25) is 5.91 Å². The van der Waals surface area contributed by atoms with Gasteiger partial charge in [-0.05, 0) is 39.5 Å². The molecular formula is C12H17BrN2O. The number of halogens is 1. The predicted molar refractivity (Wildman–Crippen MR) is 71.3 cm³/mol. The van der Waals surface area contributed by atoms with Gasteiger partial charge in [0.05, 0.1) is 5.69 Å². The van der Waals surface area contributed by atoms with E-state index in [2.05, 4.69) is 21.2 Å². The Labute approximate surface area is 105 Å². The molecule has 1 aromatic rings. The number of amides is 1. The number of carbonyl (C=O) groups excluding carboxylic acids is 1. The fourth-order valence-electron chi connectivity index (χ4n) is 1.31. The van der Waals surface area contributed by atoms with E-state index >= 15 is 0 Å². The first-order chi connectivity index (χ1) is 7.28. The minimum Gasteiger partial charge on any atom is -0.399 e. The molecule has 0 aliphatic rings. The third-order valence-electron chi connectivity index (χ3n) is 1.96. The van der Waals surface area contributed by atoms with E-state index in [1.807, 2.05) is 26.8 Å². The predicted octanol–water partition coefficient (Wildman–Crippen LogP) is 3.41. The Kier molecular flexibility index (Phi) is 3.97. The Hall–Kier alpha value is -1.03. The van der Waals surface area contributed by atoms with Crippen LogP contribution in [0.3, 0.4) is 0 Å². The number of benzene rings is 1. The van der Waals surface area contributed by atoms with Crippen LogP contribution in [0.4, 0.5) is 11.4 Å². The zero-order valence-electron chi connectivity index (χ0n) is 9.80. The molecule has 4 heteroatoms. The second-order valence-corrected chi connectivity index (χ2v) is 5.88. The topological polar surface area (TPSA) is 55.1 Å². The van der Waals surface area contributed by atoms with Crippen LogP contribution in [0.15, 0.2) is 22.7 Å². The van der Waals surface area contributed by atoms with E-state index in [1.165, 1.54) is 0 Å². The summed E-state index contributed by atoms with van der Waals surface area (Å²) < 4.78 is 0.837. The van der Waals surface area contributed by atoms with Gasteiger partial charge in [0.1, 0.15) is 0 Å². The molecule has 0 bridgehead atoms. The van der Waals surface area contributed by atoms with Gasteiger partial charge in [0.15, 0.2) is 0 Å². The van der Waals surface area contributed by atoms with Gasteiger partial charge in [-0.2, -0.15) is 0 Å². The van der Waals surface area contributed by atoms with Crippen molar-refractivity contribution in [2.75, 3.05) is 11.1 Å². The summed E-state index contributed by atoms with van der Waals surface area (Å²) in [6, 6.07) is 5.34. The highest BCUT2D eigenvalue weighted by Gasteiger charge is 2.16. The van der Waals surface area contributed by atoms with Gasteiger partial charge in [0, 0.05) is 16.6 Å². The maximum Gasteiger partial charge on any atom is 0.224 e. The zero-order chi connectivity index (χ0) is 12.3. The largest absolute Gasteiger partial charge is 0.399 e. The molecule has 0 radical (unpaired) electrons. The van der Waals surface area contributed by atoms with Crippen molar-refractivity contribution in [1.82, 2.24) is 0 Å². The molecule has 0 unspecified atom stereocenters. The summed E-state index contributed by atoms with van der Waals surface area (Å²) in [5, 5.41) is 2.84. The standard InChI is InChI=1S/C12H17BrN2O/c1-12(2,3)7-11(16)15-10-6-8(14)4-5-9(10)13/h4-6H,7,14H2,1-3H3,(H,15,16). The molecule has 0 aromatic heterocycles. The number of nitrogen functional groups attached to an aromatic ring is 1. The highest BCUT2D eigenvalue weighted by atomic mass is 79.9. The maximum absolute atomic E-state index is 11.7. The van der Waals surface area contributed by atoms with Crippen molar-refractivity contribution in [3.8, 4) is 0 Å². The fourth-order valence-corrected chi connectivity index (χ4v) is 1.66. The molecule has 0 atom stereocenters.